The van der Waals surface area contributed by atoms with Gasteiger partial charge in [0.25, 0.3) is 0 Å². The summed E-state index contributed by atoms with van der Waals surface area (Å²) in [6.45, 7) is 0. The van der Waals surface area contributed by atoms with E-state index in [4.69, 9.17) is 0 Å². The first kappa shape index (κ1) is 38.7. The minimum Gasteiger partial charge on any atom is -0.310 e. The number of nitrogens with zero attached hydrogens (tertiary/aromatic N) is 2. The van der Waals surface area contributed by atoms with E-state index in [0.717, 1.165) is 28.2 Å². The van der Waals surface area contributed by atoms with E-state index in [-0.39, 0.29) is 0 Å². The van der Waals surface area contributed by atoms with Gasteiger partial charge in [-0.1, -0.05) is 212 Å². The molecule has 2 nitrogen and oxygen atoms in total. The van der Waals surface area contributed by atoms with Gasteiger partial charge in [0.05, 0.1) is 22.1 Å². The zero-order valence-corrected chi connectivity index (χ0v) is 36.8. The highest BCUT2D eigenvalue weighted by atomic mass is 15.1. The summed E-state index contributed by atoms with van der Waals surface area (Å²) in [6.07, 6.45) is 0. The highest BCUT2D eigenvalue weighted by Gasteiger charge is 2.46. The van der Waals surface area contributed by atoms with E-state index in [1.165, 1.54) is 82.8 Å². The van der Waals surface area contributed by atoms with Crippen LogP contribution >= 0.6 is 0 Å². The number of anilines is 3. The van der Waals surface area contributed by atoms with Gasteiger partial charge in [0, 0.05) is 33.2 Å². The predicted molar refractivity (Wildman–Crippen MR) is 281 cm³/mol. The number of hydrogen-bond acceptors (Lipinski definition) is 1. The molecule has 0 amide bonds. The Balaban J connectivity index is 0.996. The number of fused-ring (bicyclic) bond motifs is 7. The van der Waals surface area contributed by atoms with Crippen molar-refractivity contribution in [2.24, 2.45) is 0 Å². The number of para-hydroxylation sites is 1. The van der Waals surface area contributed by atoms with Gasteiger partial charge in [-0.3, -0.25) is 0 Å². The monoisotopic (exact) mass is 852 g/mol. The predicted octanol–water partition coefficient (Wildman–Crippen LogP) is 17.1. The molecule has 67 heavy (non-hydrogen) atoms. The zero-order valence-electron chi connectivity index (χ0n) is 36.8. The van der Waals surface area contributed by atoms with Gasteiger partial charge in [-0.15, -0.1) is 0 Å². The molecule has 0 radical (unpaired) electrons. The molecule has 1 heterocycles. The summed E-state index contributed by atoms with van der Waals surface area (Å²) in [4.78, 5) is 2.43. The molecule has 0 N–H and O–H groups in total. The lowest BCUT2D eigenvalue weighted by Gasteiger charge is -2.34. The quantitative estimate of drug-likeness (QED) is 0.148. The molecular weight excluding hydrogens is 809 g/mol. The van der Waals surface area contributed by atoms with Crippen LogP contribution in [0, 0.1) is 0 Å². The summed E-state index contributed by atoms with van der Waals surface area (Å²) in [7, 11) is 0. The van der Waals surface area contributed by atoms with Crippen molar-refractivity contribution in [1.29, 1.82) is 0 Å². The topological polar surface area (TPSA) is 8.17 Å². The molecule has 12 aromatic rings. The fraction of sp³-hybridized carbons (Fsp3) is 0.0154. The fourth-order valence-electron chi connectivity index (χ4n) is 11.1. The molecule has 0 atom stereocenters. The normalized spacial score (nSPS) is 12.6. The fourth-order valence-corrected chi connectivity index (χ4v) is 11.1. The average Bonchev–Trinajstić information content (AvgIpc) is 3.90. The van der Waals surface area contributed by atoms with E-state index in [9.17, 15) is 0 Å². The van der Waals surface area contributed by atoms with Gasteiger partial charge in [-0.05, 0) is 116 Å². The maximum Gasteiger partial charge on any atom is 0.0713 e. The van der Waals surface area contributed by atoms with Gasteiger partial charge in [0.1, 0.15) is 0 Å². The Morgan fingerprint density at radius 3 is 1.63 bits per heavy atom. The molecule has 0 fully saturated rings. The molecule has 11 aromatic carbocycles. The molecule has 0 unspecified atom stereocenters. The first-order valence-corrected chi connectivity index (χ1v) is 23.2. The second-order valence-corrected chi connectivity index (χ2v) is 17.6. The molecule has 0 bridgehead atoms. The van der Waals surface area contributed by atoms with Crippen molar-refractivity contribution >= 4 is 49.6 Å². The Kier molecular flexibility index (Phi) is 9.11. The minimum absolute atomic E-state index is 0.470. The highest BCUT2D eigenvalue weighted by molar-refractivity contribution is 6.11. The van der Waals surface area contributed by atoms with E-state index >= 15 is 0 Å². The Labute approximate surface area is 390 Å². The molecule has 1 aliphatic carbocycles. The summed E-state index contributed by atoms with van der Waals surface area (Å²) >= 11 is 0. The zero-order chi connectivity index (χ0) is 44.3. The van der Waals surface area contributed by atoms with Crippen LogP contribution in [0.4, 0.5) is 17.1 Å². The molecular formula is C65H44N2. The summed E-state index contributed by atoms with van der Waals surface area (Å²) in [6, 6.07) is 98.1. The van der Waals surface area contributed by atoms with Crippen molar-refractivity contribution in [1.82, 2.24) is 4.57 Å². The number of benzene rings is 11. The summed E-state index contributed by atoms with van der Waals surface area (Å²) in [5.41, 5.74) is 18.7. The number of rotatable bonds is 8. The van der Waals surface area contributed by atoms with Gasteiger partial charge < -0.3 is 9.47 Å². The molecule has 2 heteroatoms. The molecule has 314 valence electrons. The van der Waals surface area contributed by atoms with Gasteiger partial charge >= 0.3 is 0 Å². The second kappa shape index (κ2) is 15.8. The van der Waals surface area contributed by atoms with Gasteiger partial charge in [0.2, 0.25) is 0 Å². The second-order valence-electron chi connectivity index (χ2n) is 17.6. The van der Waals surface area contributed by atoms with Crippen LogP contribution in [0.1, 0.15) is 22.3 Å². The summed E-state index contributed by atoms with van der Waals surface area (Å²) in [5, 5.41) is 4.95. The van der Waals surface area contributed by atoms with Crippen LogP contribution in [0.15, 0.2) is 267 Å². The maximum atomic E-state index is 2.45. The first-order chi connectivity index (χ1) is 33.2. The van der Waals surface area contributed by atoms with Crippen LogP contribution in [0.2, 0.25) is 0 Å². The lowest BCUT2D eigenvalue weighted by molar-refractivity contribution is 0.768. The third-order valence-corrected chi connectivity index (χ3v) is 14.1. The third-order valence-electron chi connectivity index (χ3n) is 14.1. The summed E-state index contributed by atoms with van der Waals surface area (Å²) in [5.74, 6) is 0. The largest absolute Gasteiger partial charge is 0.310 e. The Morgan fingerprint density at radius 1 is 0.299 bits per heavy atom. The molecule has 0 aliphatic heterocycles. The van der Waals surface area contributed by atoms with E-state index in [0.29, 0.717) is 0 Å². The van der Waals surface area contributed by atoms with E-state index < -0.39 is 5.41 Å². The maximum absolute atomic E-state index is 2.45. The standard InChI is InChI=1S/C65H44N2/c1-4-18-45(19-5-1)46-34-37-52(38-35-46)66(54-39-41-61-59(44-54)56-29-12-14-31-60(56)65(61,50-23-6-2-7-24-50)51-25-8-3-9-26-51)53-27-16-22-48(42-53)49-36-40-58-57-30-13-15-32-63(57)67(64(58)43-49)62-33-17-21-47-20-10-11-28-55(47)62/h1-44H. The Bertz CT molecular complexity index is 3750. The molecule has 0 spiro atoms. The molecule has 1 aliphatic rings. The van der Waals surface area contributed by atoms with E-state index in [2.05, 4.69) is 276 Å². The minimum atomic E-state index is -0.470. The lowest BCUT2D eigenvalue weighted by Crippen LogP contribution is -2.28. The van der Waals surface area contributed by atoms with Crippen molar-refractivity contribution in [2.75, 3.05) is 4.90 Å². The van der Waals surface area contributed by atoms with Crippen LogP contribution < -0.4 is 4.90 Å². The van der Waals surface area contributed by atoms with Crippen LogP contribution in [0.3, 0.4) is 0 Å². The smallest absolute Gasteiger partial charge is 0.0713 e. The van der Waals surface area contributed by atoms with Gasteiger partial charge in [0.15, 0.2) is 0 Å². The van der Waals surface area contributed by atoms with Crippen molar-refractivity contribution in [3.8, 4) is 39.1 Å². The molecule has 0 saturated heterocycles. The average molecular weight is 853 g/mol. The lowest BCUT2D eigenvalue weighted by atomic mass is 9.68. The van der Waals surface area contributed by atoms with Crippen LogP contribution in [0.25, 0.3) is 71.6 Å². The molecule has 1 aromatic heterocycles. The van der Waals surface area contributed by atoms with E-state index in [1.54, 1.807) is 0 Å². The van der Waals surface area contributed by atoms with Gasteiger partial charge in [-0.2, -0.15) is 0 Å². The number of aromatic nitrogens is 1. The van der Waals surface area contributed by atoms with Crippen molar-refractivity contribution in [3.63, 3.8) is 0 Å². The number of hydrogen-bond donors (Lipinski definition) is 0. The van der Waals surface area contributed by atoms with Crippen molar-refractivity contribution in [2.45, 2.75) is 5.41 Å². The molecule has 13 rings (SSSR count). The van der Waals surface area contributed by atoms with Crippen molar-refractivity contribution < 1.29 is 0 Å². The van der Waals surface area contributed by atoms with Crippen LogP contribution in [0.5, 0.6) is 0 Å². The Hall–Kier alpha value is -8.72. The van der Waals surface area contributed by atoms with Crippen LogP contribution in [-0.2, 0) is 5.41 Å². The van der Waals surface area contributed by atoms with E-state index in [1.807, 2.05) is 0 Å². The van der Waals surface area contributed by atoms with Crippen molar-refractivity contribution in [3.05, 3.63) is 289 Å². The van der Waals surface area contributed by atoms with Gasteiger partial charge in [-0.25, -0.2) is 0 Å². The first-order valence-electron chi connectivity index (χ1n) is 23.2. The SMILES string of the molecule is c1ccc(-c2ccc(N(c3cccc(-c4ccc5c6ccccc6n(-c6cccc7ccccc67)c5c4)c3)c3ccc4c(c3)-c3ccccc3C4(c3ccccc3)c3ccccc3)cc2)cc1. The third kappa shape index (κ3) is 6.18. The molecule has 0 saturated carbocycles. The summed E-state index contributed by atoms with van der Waals surface area (Å²) < 4.78 is 2.45. The van der Waals surface area contributed by atoms with Crippen LogP contribution in [-0.4, -0.2) is 4.57 Å². The Morgan fingerprint density at radius 2 is 0.836 bits per heavy atom. The highest BCUT2D eigenvalue weighted by Crippen LogP contribution is 2.57.